The Morgan fingerprint density at radius 3 is 2.23 bits per heavy atom. The summed E-state index contributed by atoms with van der Waals surface area (Å²) >= 11 is 0. The van der Waals surface area contributed by atoms with Crippen LogP contribution in [0.1, 0.15) is 46.0 Å². The monoisotopic (exact) mass is 205 g/mol. The van der Waals surface area contributed by atoms with E-state index < -0.39 is 0 Å². The van der Waals surface area contributed by atoms with Gasteiger partial charge in [-0.15, -0.1) is 12.4 Å². The summed E-state index contributed by atoms with van der Waals surface area (Å²) in [4.78, 5) is 2.63. The van der Waals surface area contributed by atoms with E-state index in [-0.39, 0.29) is 12.4 Å². The summed E-state index contributed by atoms with van der Waals surface area (Å²) in [5.41, 5.74) is 0. The standard InChI is InChI=1S/C11H23N.ClH/c1-3-5-8-12-9-6-11(4-2)7-10-12;/h11H,3-10H2,1-2H3;1H. The van der Waals surface area contributed by atoms with Gasteiger partial charge in [-0.2, -0.15) is 0 Å². The highest BCUT2D eigenvalue weighted by molar-refractivity contribution is 5.85. The number of nitrogens with zero attached hydrogens (tertiary/aromatic N) is 1. The summed E-state index contributed by atoms with van der Waals surface area (Å²) < 4.78 is 0. The minimum Gasteiger partial charge on any atom is -0.303 e. The molecule has 0 aliphatic carbocycles. The summed E-state index contributed by atoms with van der Waals surface area (Å²) in [6.45, 7) is 8.66. The fourth-order valence-electron chi connectivity index (χ4n) is 2.00. The third-order valence-electron chi connectivity index (χ3n) is 3.11. The Morgan fingerprint density at radius 2 is 1.77 bits per heavy atom. The molecule has 1 aliphatic heterocycles. The summed E-state index contributed by atoms with van der Waals surface area (Å²) in [5.74, 6) is 1.03. The van der Waals surface area contributed by atoms with Gasteiger partial charge in [-0.1, -0.05) is 26.7 Å². The van der Waals surface area contributed by atoms with Crippen LogP contribution >= 0.6 is 12.4 Å². The normalized spacial score (nSPS) is 19.8. The van der Waals surface area contributed by atoms with Crippen LogP contribution < -0.4 is 0 Å². The van der Waals surface area contributed by atoms with E-state index in [2.05, 4.69) is 18.7 Å². The van der Waals surface area contributed by atoms with Gasteiger partial charge in [-0.3, -0.25) is 0 Å². The molecule has 1 heterocycles. The Hall–Kier alpha value is 0.250. The van der Waals surface area contributed by atoms with Crippen LogP contribution in [-0.4, -0.2) is 24.5 Å². The number of likely N-dealkylation sites (tertiary alicyclic amines) is 1. The van der Waals surface area contributed by atoms with Crippen LogP contribution in [0.3, 0.4) is 0 Å². The van der Waals surface area contributed by atoms with Crippen molar-refractivity contribution in [2.24, 2.45) is 5.92 Å². The third kappa shape index (κ3) is 4.87. The lowest BCUT2D eigenvalue weighted by Crippen LogP contribution is -2.34. The van der Waals surface area contributed by atoms with Gasteiger partial charge in [0.1, 0.15) is 0 Å². The number of hydrogen-bond acceptors (Lipinski definition) is 1. The highest BCUT2D eigenvalue weighted by atomic mass is 35.5. The van der Waals surface area contributed by atoms with Crippen molar-refractivity contribution in [3.63, 3.8) is 0 Å². The fraction of sp³-hybridized carbons (Fsp3) is 1.00. The van der Waals surface area contributed by atoms with Crippen LogP contribution in [0.2, 0.25) is 0 Å². The first-order valence-electron chi connectivity index (χ1n) is 5.59. The predicted octanol–water partition coefficient (Wildman–Crippen LogP) is 3.33. The van der Waals surface area contributed by atoms with Crippen molar-refractivity contribution in [2.45, 2.75) is 46.0 Å². The van der Waals surface area contributed by atoms with Crippen molar-refractivity contribution in [2.75, 3.05) is 19.6 Å². The molecule has 0 saturated carbocycles. The molecule has 2 heteroatoms. The Balaban J connectivity index is 0.00000144. The molecule has 0 spiro atoms. The molecule has 13 heavy (non-hydrogen) atoms. The van der Waals surface area contributed by atoms with Gasteiger partial charge in [0.05, 0.1) is 0 Å². The van der Waals surface area contributed by atoms with Crippen molar-refractivity contribution < 1.29 is 0 Å². The second kappa shape index (κ2) is 7.64. The van der Waals surface area contributed by atoms with Gasteiger partial charge in [0.2, 0.25) is 0 Å². The van der Waals surface area contributed by atoms with Crippen molar-refractivity contribution >= 4 is 12.4 Å². The van der Waals surface area contributed by atoms with E-state index in [1.807, 2.05) is 0 Å². The third-order valence-corrected chi connectivity index (χ3v) is 3.11. The van der Waals surface area contributed by atoms with Crippen LogP contribution in [0.15, 0.2) is 0 Å². The Kier molecular flexibility index (Phi) is 7.78. The molecule has 1 fully saturated rings. The van der Waals surface area contributed by atoms with E-state index in [0.29, 0.717) is 0 Å². The summed E-state index contributed by atoms with van der Waals surface area (Å²) in [5, 5.41) is 0. The van der Waals surface area contributed by atoms with Crippen LogP contribution in [-0.2, 0) is 0 Å². The molecule has 0 bridgehead atoms. The van der Waals surface area contributed by atoms with Crippen LogP contribution in [0, 0.1) is 5.92 Å². The number of rotatable bonds is 4. The molecule has 0 aromatic carbocycles. The molecule has 1 saturated heterocycles. The van der Waals surface area contributed by atoms with Crippen molar-refractivity contribution in [3.8, 4) is 0 Å². The Labute approximate surface area is 89.3 Å². The van der Waals surface area contributed by atoms with E-state index in [4.69, 9.17) is 0 Å². The summed E-state index contributed by atoms with van der Waals surface area (Å²) in [6, 6.07) is 0. The molecule has 0 radical (unpaired) electrons. The molecule has 1 aliphatic rings. The SMILES string of the molecule is CCCCN1CCC(CC)CC1.Cl. The van der Waals surface area contributed by atoms with Crippen molar-refractivity contribution in [1.82, 2.24) is 4.90 Å². The Morgan fingerprint density at radius 1 is 1.15 bits per heavy atom. The molecule has 0 aromatic rings. The largest absolute Gasteiger partial charge is 0.303 e. The van der Waals surface area contributed by atoms with Gasteiger partial charge in [0.15, 0.2) is 0 Å². The quantitative estimate of drug-likeness (QED) is 0.681. The smallest absolute Gasteiger partial charge is 0.00161 e. The van der Waals surface area contributed by atoms with Gasteiger partial charge >= 0.3 is 0 Å². The molecule has 1 nitrogen and oxygen atoms in total. The van der Waals surface area contributed by atoms with Crippen LogP contribution in [0.5, 0.6) is 0 Å². The van der Waals surface area contributed by atoms with Gasteiger partial charge < -0.3 is 4.90 Å². The zero-order valence-corrected chi connectivity index (χ0v) is 9.91. The molecular formula is C11H24ClN. The van der Waals surface area contributed by atoms with Gasteiger partial charge in [0.25, 0.3) is 0 Å². The minimum atomic E-state index is 0. The maximum atomic E-state index is 2.63. The van der Waals surface area contributed by atoms with E-state index in [1.165, 1.54) is 51.7 Å². The highest BCUT2D eigenvalue weighted by Crippen LogP contribution is 2.19. The first kappa shape index (κ1) is 13.2. The highest BCUT2D eigenvalue weighted by Gasteiger charge is 2.16. The second-order valence-electron chi connectivity index (χ2n) is 4.05. The van der Waals surface area contributed by atoms with Gasteiger partial charge in [-0.05, 0) is 44.8 Å². The van der Waals surface area contributed by atoms with E-state index in [0.717, 1.165) is 5.92 Å². The predicted molar refractivity (Wildman–Crippen MR) is 61.6 cm³/mol. The molecular weight excluding hydrogens is 182 g/mol. The molecule has 0 N–H and O–H groups in total. The molecule has 0 amide bonds. The molecule has 1 rings (SSSR count). The lowest BCUT2D eigenvalue weighted by molar-refractivity contribution is 0.180. The lowest BCUT2D eigenvalue weighted by atomic mass is 9.94. The van der Waals surface area contributed by atoms with E-state index in [1.54, 1.807) is 0 Å². The van der Waals surface area contributed by atoms with Gasteiger partial charge in [-0.25, -0.2) is 0 Å². The summed E-state index contributed by atoms with van der Waals surface area (Å²) in [7, 11) is 0. The number of halogens is 1. The second-order valence-corrected chi connectivity index (χ2v) is 4.05. The Bertz CT molecular complexity index is 109. The average molecular weight is 206 g/mol. The molecule has 80 valence electrons. The van der Waals surface area contributed by atoms with Crippen LogP contribution in [0.25, 0.3) is 0 Å². The average Bonchev–Trinajstić information content (AvgIpc) is 2.15. The number of hydrogen-bond donors (Lipinski definition) is 0. The van der Waals surface area contributed by atoms with E-state index in [9.17, 15) is 0 Å². The molecule has 0 aromatic heterocycles. The topological polar surface area (TPSA) is 3.24 Å². The zero-order valence-electron chi connectivity index (χ0n) is 9.09. The van der Waals surface area contributed by atoms with E-state index >= 15 is 0 Å². The van der Waals surface area contributed by atoms with Crippen molar-refractivity contribution in [1.29, 1.82) is 0 Å². The minimum absolute atomic E-state index is 0. The fourth-order valence-corrected chi connectivity index (χ4v) is 2.00. The van der Waals surface area contributed by atoms with Gasteiger partial charge in [0, 0.05) is 0 Å². The number of piperidine rings is 1. The maximum Gasteiger partial charge on any atom is -0.00161 e. The van der Waals surface area contributed by atoms with Crippen LogP contribution in [0.4, 0.5) is 0 Å². The molecule has 0 unspecified atom stereocenters. The summed E-state index contributed by atoms with van der Waals surface area (Å²) in [6.07, 6.45) is 7.01. The maximum absolute atomic E-state index is 2.63. The molecule has 0 atom stereocenters. The van der Waals surface area contributed by atoms with Crippen molar-refractivity contribution in [3.05, 3.63) is 0 Å². The first-order valence-corrected chi connectivity index (χ1v) is 5.59. The first-order chi connectivity index (χ1) is 5.86. The zero-order chi connectivity index (χ0) is 8.81. The number of unbranched alkanes of at least 4 members (excludes halogenated alkanes) is 1. The lowest BCUT2D eigenvalue weighted by Gasteiger charge is -2.31.